The van der Waals surface area contributed by atoms with Gasteiger partial charge in [-0.15, -0.1) is 0 Å². The van der Waals surface area contributed by atoms with E-state index in [2.05, 4.69) is 62.5 Å². The summed E-state index contributed by atoms with van der Waals surface area (Å²) in [7, 11) is -4.29. The zero-order valence-corrected chi connectivity index (χ0v) is 35.8. The molecule has 54 heavy (non-hydrogen) atoms. The Balaban J connectivity index is 4.08. The highest BCUT2D eigenvalue weighted by Gasteiger charge is 2.25. The highest BCUT2D eigenvalue weighted by molar-refractivity contribution is 7.47. The number of ether oxygens (including phenoxy) is 2. The summed E-state index contributed by atoms with van der Waals surface area (Å²) in [5.74, 6) is -0.819. The molecule has 0 aromatic carbocycles. The van der Waals surface area contributed by atoms with Crippen LogP contribution in [0.4, 0.5) is 0 Å². The number of unbranched alkanes of at least 4 members (excludes halogenated alkanes) is 20. The molecule has 0 aliphatic rings. The first kappa shape index (κ1) is 52.0. The third-order valence-corrected chi connectivity index (χ3v) is 10.2. The quantitative estimate of drug-likeness (QED) is 0.0283. The van der Waals surface area contributed by atoms with Crippen LogP contribution in [0.1, 0.15) is 201 Å². The highest BCUT2D eigenvalue weighted by atomic mass is 31.2. The predicted octanol–water partition coefficient (Wildman–Crippen LogP) is 13.8. The summed E-state index contributed by atoms with van der Waals surface area (Å²) in [6, 6.07) is 0. The van der Waals surface area contributed by atoms with Gasteiger partial charge in [-0.3, -0.25) is 18.6 Å². The van der Waals surface area contributed by atoms with E-state index in [4.69, 9.17) is 18.5 Å². The Kier molecular flexibility index (Phi) is 39.2. The zero-order chi connectivity index (χ0) is 39.6. The molecule has 0 rings (SSSR count). The largest absolute Gasteiger partial charge is 0.472 e. The molecule has 0 amide bonds. The Labute approximate surface area is 331 Å². The Bertz CT molecular complexity index is 1020. The molecule has 9 heteroatoms. The van der Waals surface area contributed by atoms with Crippen LogP contribution >= 0.6 is 7.82 Å². The number of rotatable bonds is 40. The zero-order valence-electron chi connectivity index (χ0n) is 34.9. The molecule has 0 bridgehead atoms. The van der Waals surface area contributed by atoms with Crippen molar-refractivity contribution in [2.24, 2.45) is 0 Å². The van der Waals surface area contributed by atoms with Gasteiger partial charge < -0.3 is 14.4 Å². The fourth-order valence-corrected chi connectivity index (χ4v) is 6.69. The standard InChI is InChI=1S/C45H81O8P/c1-4-7-9-11-13-15-17-19-21-22-23-24-26-27-29-31-33-35-37-39-44(46)50-41-43(42-52-54(48,49)51-6-3)53-45(47)40-38-36-34-32-30-28-25-20-18-16-14-12-10-8-5-2/h8,10,14,16,19-21,25,43H,4-7,9,11-13,15,17-18,22-24,26-42H2,1-3H3,(H,48,49)/b10-8-,16-14-,21-19-,25-20-. The average Bonchev–Trinajstić information content (AvgIpc) is 3.15. The Morgan fingerprint density at radius 2 is 0.944 bits per heavy atom. The first-order valence-corrected chi connectivity index (χ1v) is 23.4. The third kappa shape index (κ3) is 39.7. The average molecular weight is 781 g/mol. The van der Waals surface area contributed by atoms with Crippen LogP contribution in [0.3, 0.4) is 0 Å². The summed E-state index contributed by atoms with van der Waals surface area (Å²) in [6.07, 6.45) is 47.4. The number of esters is 2. The number of hydrogen-bond donors (Lipinski definition) is 1. The number of carbonyl (C=O) groups excluding carboxylic acids is 2. The smallest absolute Gasteiger partial charge is 0.462 e. The van der Waals surface area contributed by atoms with Crippen LogP contribution in [0, 0.1) is 0 Å². The number of hydrogen-bond acceptors (Lipinski definition) is 7. The van der Waals surface area contributed by atoms with Crippen LogP contribution in [0.5, 0.6) is 0 Å². The molecule has 0 heterocycles. The fourth-order valence-electron chi connectivity index (χ4n) is 5.93. The summed E-state index contributed by atoms with van der Waals surface area (Å²) in [5, 5.41) is 0. The lowest BCUT2D eigenvalue weighted by molar-refractivity contribution is -0.161. The van der Waals surface area contributed by atoms with E-state index in [0.29, 0.717) is 6.42 Å². The van der Waals surface area contributed by atoms with Crippen molar-refractivity contribution in [3.05, 3.63) is 48.6 Å². The van der Waals surface area contributed by atoms with Gasteiger partial charge in [0, 0.05) is 12.8 Å². The first-order valence-electron chi connectivity index (χ1n) is 21.9. The fraction of sp³-hybridized carbons (Fsp3) is 0.778. The third-order valence-electron chi connectivity index (χ3n) is 9.12. The first-order chi connectivity index (χ1) is 26.3. The molecular formula is C45H81O8P. The maximum absolute atomic E-state index is 12.5. The van der Waals surface area contributed by atoms with Crippen LogP contribution in [-0.4, -0.2) is 42.8 Å². The van der Waals surface area contributed by atoms with E-state index in [1.807, 2.05) is 0 Å². The van der Waals surface area contributed by atoms with Gasteiger partial charge in [-0.25, -0.2) is 4.57 Å². The van der Waals surface area contributed by atoms with Crippen molar-refractivity contribution >= 4 is 19.8 Å². The topological polar surface area (TPSA) is 108 Å². The molecule has 0 saturated heterocycles. The van der Waals surface area contributed by atoms with Crippen LogP contribution in [0.15, 0.2) is 48.6 Å². The van der Waals surface area contributed by atoms with Gasteiger partial charge in [0.1, 0.15) is 6.61 Å². The van der Waals surface area contributed by atoms with Crippen molar-refractivity contribution in [1.82, 2.24) is 0 Å². The monoisotopic (exact) mass is 781 g/mol. The van der Waals surface area contributed by atoms with Crippen LogP contribution in [0.25, 0.3) is 0 Å². The van der Waals surface area contributed by atoms with Crippen LogP contribution in [-0.2, 0) is 32.7 Å². The lowest BCUT2D eigenvalue weighted by Gasteiger charge is -2.19. The lowest BCUT2D eigenvalue weighted by Crippen LogP contribution is -2.29. The molecule has 0 spiro atoms. The summed E-state index contributed by atoms with van der Waals surface area (Å²) in [5.41, 5.74) is 0. The number of phosphoric ester groups is 1. The van der Waals surface area contributed by atoms with Gasteiger partial charge in [0.15, 0.2) is 6.10 Å². The van der Waals surface area contributed by atoms with E-state index in [1.165, 1.54) is 89.9 Å². The summed E-state index contributed by atoms with van der Waals surface area (Å²) in [4.78, 5) is 34.7. The Morgan fingerprint density at radius 3 is 1.44 bits per heavy atom. The molecule has 0 aromatic rings. The van der Waals surface area contributed by atoms with Crippen molar-refractivity contribution in [3.8, 4) is 0 Å². The lowest BCUT2D eigenvalue weighted by atomic mass is 10.1. The van der Waals surface area contributed by atoms with E-state index < -0.39 is 26.5 Å². The van der Waals surface area contributed by atoms with Gasteiger partial charge in [-0.1, -0.05) is 159 Å². The maximum Gasteiger partial charge on any atom is 0.472 e. The molecule has 2 unspecified atom stereocenters. The van der Waals surface area contributed by atoms with Gasteiger partial charge >= 0.3 is 19.8 Å². The Hall–Kier alpha value is -1.99. The molecule has 0 saturated carbocycles. The molecule has 0 radical (unpaired) electrons. The van der Waals surface area contributed by atoms with Crippen molar-refractivity contribution in [1.29, 1.82) is 0 Å². The summed E-state index contributed by atoms with van der Waals surface area (Å²) in [6.45, 7) is 5.34. The molecule has 0 aliphatic heterocycles. The normalized spacial score (nSPS) is 13.8. The van der Waals surface area contributed by atoms with Gasteiger partial charge in [0.25, 0.3) is 0 Å². The van der Waals surface area contributed by atoms with E-state index >= 15 is 0 Å². The van der Waals surface area contributed by atoms with Crippen molar-refractivity contribution in [2.75, 3.05) is 19.8 Å². The molecule has 0 aromatic heterocycles. The van der Waals surface area contributed by atoms with Crippen LogP contribution in [0.2, 0.25) is 0 Å². The van der Waals surface area contributed by atoms with E-state index in [0.717, 1.165) is 70.6 Å². The van der Waals surface area contributed by atoms with E-state index in [9.17, 15) is 19.0 Å². The molecule has 0 aliphatic carbocycles. The van der Waals surface area contributed by atoms with Crippen LogP contribution < -0.4 is 0 Å². The van der Waals surface area contributed by atoms with Crippen molar-refractivity contribution < 1.29 is 37.6 Å². The molecule has 0 fully saturated rings. The minimum absolute atomic E-state index is 0.00466. The second-order valence-electron chi connectivity index (χ2n) is 14.3. The number of allylic oxidation sites excluding steroid dienone is 8. The number of carbonyl (C=O) groups is 2. The van der Waals surface area contributed by atoms with Crippen molar-refractivity contribution in [2.45, 2.75) is 207 Å². The second-order valence-corrected chi connectivity index (χ2v) is 15.8. The Morgan fingerprint density at radius 1 is 0.519 bits per heavy atom. The predicted molar refractivity (Wildman–Crippen MR) is 225 cm³/mol. The van der Waals surface area contributed by atoms with Gasteiger partial charge in [-0.2, -0.15) is 0 Å². The molecule has 314 valence electrons. The molecule has 1 N–H and O–H groups in total. The van der Waals surface area contributed by atoms with E-state index in [-0.39, 0.29) is 32.0 Å². The van der Waals surface area contributed by atoms with Crippen molar-refractivity contribution in [3.63, 3.8) is 0 Å². The van der Waals surface area contributed by atoms with E-state index in [1.54, 1.807) is 6.92 Å². The summed E-state index contributed by atoms with van der Waals surface area (Å²) < 4.78 is 32.6. The molecule has 2 atom stereocenters. The van der Waals surface area contributed by atoms with Gasteiger partial charge in [-0.05, 0) is 77.6 Å². The second kappa shape index (κ2) is 40.7. The summed E-state index contributed by atoms with van der Waals surface area (Å²) >= 11 is 0. The minimum Gasteiger partial charge on any atom is -0.462 e. The van der Waals surface area contributed by atoms with Gasteiger partial charge in [0.2, 0.25) is 0 Å². The number of phosphoric acid groups is 1. The SMILES string of the molecule is CC/C=C\C/C=C\C/C=C\CCCCCCCC(=O)OC(COC(=O)CCCCCCCCCCC/C=C\CCCCCCCC)COP(=O)(O)OCC. The minimum atomic E-state index is -4.29. The highest BCUT2D eigenvalue weighted by Crippen LogP contribution is 2.43. The maximum atomic E-state index is 12.5. The molecule has 8 nitrogen and oxygen atoms in total. The van der Waals surface area contributed by atoms with Gasteiger partial charge in [0.05, 0.1) is 13.2 Å². The molecular weight excluding hydrogens is 699 g/mol.